The van der Waals surface area contributed by atoms with E-state index in [-0.39, 0.29) is 36.1 Å². The Kier molecular flexibility index (Phi) is 10.2. The maximum Gasteiger partial charge on any atom is 0.416 e. The van der Waals surface area contributed by atoms with E-state index in [1.54, 1.807) is 29.8 Å². The minimum Gasteiger partial charge on any atom is -0.356 e. The Bertz CT molecular complexity index is 865. The number of aromatic nitrogens is 1. The predicted molar refractivity (Wildman–Crippen MR) is 120 cm³/mol. The first kappa shape index (κ1) is 25.0. The van der Waals surface area contributed by atoms with Gasteiger partial charge in [-0.3, -0.25) is 9.79 Å². The molecule has 1 heterocycles. The zero-order valence-electron chi connectivity index (χ0n) is 16.4. The van der Waals surface area contributed by atoms with Crippen molar-refractivity contribution in [2.75, 3.05) is 13.6 Å². The second-order valence-electron chi connectivity index (χ2n) is 6.41. The zero-order chi connectivity index (χ0) is 20.6. The van der Waals surface area contributed by atoms with Crippen LogP contribution >= 0.6 is 24.0 Å². The van der Waals surface area contributed by atoms with Crippen LogP contribution in [0.1, 0.15) is 29.7 Å². The molecule has 0 saturated carbocycles. The Hall–Kier alpha value is -2.04. The summed E-state index contributed by atoms with van der Waals surface area (Å²) in [6, 6.07) is 10.4. The van der Waals surface area contributed by atoms with Gasteiger partial charge in [0.2, 0.25) is 0 Å². The summed E-state index contributed by atoms with van der Waals surface area (Å²) in [7, 11) is 1.61. The highest BCUT2D eigenvalue weighted by Crippen LogP contribution is 2.29. The topological polar surface area (TPSA) is 58.4 Å². The molecular weight excluding hydrogens is 496 g/mol. The predicted octanol–water partition coefficient (Wildman–Crippen LogP) is 3.94. The second-order valence-corrected chi connectivity index (χ2v) is 6.41. The molecule has 0 aliphatic rings. The van der Waals surface area contributed by atoms with E-state index in [0.717, 1.165) is 30.7 Å². The molecule has 0 bridgehead atoms. The number of halogens is 4. The fourth-order valence-electron chi connectivity index (χ4n) is 2.78. The van der Waals surface area contributed by atoms with E-state index in [4.69, 9.17) is 0 Å². The average molecular weight is 522 g/mol. The number of benzene rings is 1. The van der Waals surface area contributed by atoms with Crippen molar-refractivity contribution >= 4 is 29.9 Å². The van der Waals surface area contributed by atoms with Gasteiger partial charge in [0.15, 0.2) is 5.96 Å². The van der Waals surface area contributed by atoms with Crippen molar-refractivity contribution in [3.8, 4) is 0 Å². The molecule has 0 fully saturated rings. The number of hydrogen-bond donors (Lipinski definition) is 2. The van der Waals surface area contributed by atoms with E-state index < -0.39 is 11.7 Å². The van der Waals surface area contributed by atoms with E-state index in [9.17, 15) is 18.0 Å². The highest BCUT2D eigenvalue weighted by molar-refractivity contribution is 14.0. The molecule has 0 atom stereocenters. The van der Waals surface area contributed by atoms with E-state index >= 15 is 0 Å². The number of rotatable bonds is 7. The molecule has 160 valence electrons. The molecule has 1 aromatic carbocycles. The molecule has 0 radical (unpaired) electrons. The summed E-state index contributed by atoms with van der Waals surface area (Å²) < 4.78 is 40.0. The zero-order valence-corrected chi connectivity index (χ0v) is 18.8. The molecule has 1 aromatic heterocycles. The largest absolute Gasteiger partial charge is 0.416 e. The fourth-order valence-corrected chi connectivity index (χ4v) is 2.78. The molecule has 0 unspecified atom stereocenters. The highest BCUT2D eigenvalue weighted by Gasteiger charge is 2.30. The van der Waals surface area contributed by atoms with Crippen LogP contribution in [-0.4, -0.2) is 24.1 Å². The van der Waals surface area contributed by atoms with Crippen LogP contribution in [0.2, 0.25) is 0 Å². The number of unbranched alkanes of at least 4 members (excludes halogenated alkanes) is 1. The third-order valence-electron chi connectivity index (χ3n) is 4.31. The molecule has 29 heavy (non-hydrogen) atoms. The molecule has 0 aliphatic heterocycles. The molecule has 0 saturated heterocycles. The van der Waals surface area contributed by atoms with Gasteiger partial charge in [0, 0.05) is 38.4 Å². The van der Waals surface area contributed by atoms with Crippen molar-refractivity contribution in [3.05, 3.63) is 69.6 Å². The van der Waals surface area contributed by atoms with Gasteiger partial charge in [-0.25, -0.2) is 0 Å². The highest BCUT2D eigenvalue weighted by atomic mass is 127. The maximum absolute atomic E-state index is 12.8. The molecule has 2 aromatic rings. The van der Waals surface area contributed by atoms with Crippen molar-refractivity contribution < 1.29 is 13.2 Å². The van der Waals surface area contributed by atoms with Crippen molar-refractivity contribution in [3.63, 3.8) is 0 Å². The summed E-state index contributed by atoms with van der Waals surface area (Å²) >= 11 is 0. The molecule has 0 spiro atoms. The van der Waals surface area contributed by atoms with Crippen molar-refractivity contribution in [2.45, 2.75) is 39.0 Å². The van der Waals surface area contributed by atoms with E-state index in [1.807, 2.05) is 13.0 Å². The summed E-state index contributed by atoms with van der Waals surface area (Å²) in [4.78, 5) is 15.9. The normalized spacial score (nSPS) is 11.7. The Morgan fingerprint density at radius 1 is 1.10 bits per heavy atom. The van der Waals surface area contributed by atoms with E-state index in [2.05, 4.69) is 15.6 Å². The molecule has 9 heteroatoms. The molecule has 2 N–H and O–H groups in total. The Morgan fingerprint density at radius 3 is 2.48 bits per heavy atom. The van der Waals surface area contributed by atoms with Crippen molar-refractivity contribution in [1.82, 2.24) is 15.2 Å². The first-order valence-corrected chi connectivity index (χ1v) is 9.08. The average Bonchev–Trinajstić information content (AvgIpc) is 2.65. The fraction of sp³-hybridized carbons (Fsp3) is 0.400. The van der Waals surface area contributed by atoms with Gasteiger partial charge in [0.1, 0.15) is 0 Å². The second kappa shape index (κ2) is 11.8. The molecule has 2 rings (SSSR count). The van der Waals surface area contributed by atoms with Gasteiger partial charge in [-0.2, -0.15) is 13.2 Å². The summed E-state index contributed by atoms with van der Waals surface area (Å²) in [5.74, 6) is 0.519. The number of alkyl halides is 3. The lowest BCUT2D eigenvalue weighted by Crippen LogP contribution is -2.37. The number of aliphatic imine (C=N–C) groups is 1. The van der Waals surface area contributed by atoms with Gasteiger partial charge in [-0.05, 0) is 43.5 Å². The third kappa shape index (κ3) is 8.08. The molecule has 5 nitrogen and oxygen atoms in total. The molecule has 0 amide bonds. The number of nitrogens with zero attached hydrogens (tertiary/aromatic N) is 2. The minimum absolute atomic E-state index is 0. The first-order chi connectivity index (χ1) is 13.3. The SMILES string of the molecule is CN=C(NCCCCn1c(C)cccc1=O)NCc1cccc(C(F)(F)F)c1.I. The van der Waals surface area contributed by atoms with Crippen LogP contribution in [0.5, 0.6) is 0 Å². The Balaban J connectivity index is 0.00000420. The molecular formula is C20H26F3IN4O. The monoisotopic (exact) mass is 522 g/mol. The van der Waals surface area contributed by atoms with Crippen LogP contribution in [0, 0.1) is 6.92 Å². The van der Waals surface area contributed by atoms with Crippen LogP contribution in [0.15, 0.2) is 52.3 Å². The number of hydrogen-bond acceptors (Lipinski definition) is 2. The van der Waals surface area contributed by atoms with Gasteiger partial charge < -0.3 is 15.2 Å². The number of pyridine rings is 1. The molecule has 0 aliphatic carbocycles. The van der Waals surface area contributed by atoms with E-state index in [1.165, 1.54) is 6.07 Å². The number of nitrogens with one attached hydrogen (secondary N) is 2. The third-order valence-corrected chi connectivity index (χ3v) is 4.31. The van der Waals surface area contributed by atoms with Crippen LogP contribution in [-0.2, 0) is 19.3 Å². The maximum atomic E-state index is 12.8. The van der Waals surface area contributed by atoms with Gasteiger partial charge in [-0.15, -0.1) is 24.0 Å². The van der Waals surface area contributed by atoms with E-state index in [0.29, 0.717) is 24.6 Å². The summed E-state index contributed by atoms with van der Waals surface area (Å²) in [5, 5.41) is 6.14. The van der Waals surface area contributed by atoms with Gasteiger partial charge >= 0.3 is 6.18 Å². The first-order valence-electron chi connectivity index (χ1n) is 9.08. The lowest BCUT2D eigenvalue weighted by Gasteiger charge is -2.14. The van der Waals surface area contributed by atoms with Gasteiger partial charge in [0.25, 0.3) is 5.56 Å². The van der Waals surface area contributed by atoms with Crippen LogP contribution in [0.3, 0.4) is 0 Å². The van der Waals surface area contributed by atoms with Crippen LogP contribution in [0.4, 0.5) is 13.2 Å². The van der Waals surface area contributed by atoms with Crippen molar-refractivity contribution in [1.29, 1.82) is 0 Å². The Morgan fingerprint density at radius 2 is 1.83 bits per heavy atom. The summed E-state index contributed by atoms with van der Waals surface area (Å²) in [6.45, 7) is 3.42. The smallest absolute Gasteiger partial charge is 0.356 e. The van der Waals surface area contributed by atoms with Gasteiger partial charge in [0.05, 0.1) is 5.56 Å². The number of guanidine groups is 1. The lowest BCUT2D eigenvalue weighted by atomic mass is 10.1. The lowest BCUT2D eigenvalue weighted by molar-refractivity contribution is -0.137. The van der Waals surface area contributed by atoms with Crippen LogP contribution < -0.4 is 16.2 Å². The van der Waals surface area contributed by atoms with Gasteiger partial charge in [-0.1, -0.05) is 18.2 Å². The Labute approximate surface area is 185 Å². The quantitative estimate of drug-likeness (QED) is 0.251. The summed E-state index contributed by atoms with van der Waals surface area (Å²) in [5.41, 5.74) is 0.781. The standard InChI is InChI=1S/C20H25F3N4O.HI/c1-15-7-5-10-18(28)27(15)12-4-3-11-25-19(24-2)26-14-16-8-6-9-17(13-16)20(21,22)23;/h5-10,13H,3-4,11-12,14H2,1-2H3,(H2,24,25,26);1H. The van der Waals surface area contributed by atoms with Crippen LogP contribution in [0.25, 0.3) is 0 Å². The summed E-state index contributed by atoms with van der Waals surface area (Å²) in [6.07, 6.45) is -2.71. The number of aryl methyl sites for hydroxylation is 1. The van der Waals surface area contributed by atoms with Crippen molar-refractivity contribution in [2.24, 2.45) is 4.99 Å². The minimum atomic E-state index is -4.35.